The topological polar surface area (TPSA) is 64.6 Å². The Kier molecular flexibility index (Phi) is 6.36. The summed E-state index contributed by atoms with van der Waals surface area (Å²) in [5, 5.41) is 3.03. The maximum atomic E-state index is 12.8. The van der Waals surface area contributed by atoms with E-state index in [1.165, 1.54) is 44.4 Å². The van der Waals surface area contributed by atoms with Crippen LogP contribution < -0.4 is 10.1 Å². The Labute approximate surface area is 149 Å². The molecule has 7 heteroatoms. The van der Waals surface area contributed by atoms with Crippen molar-refractivity contribution in [1.29, 1.82) is 0 Å². The number of carbonyl (C=O) groups is 2. The van der Waals surface area contributed by atoms with Crippen LogP contribution in [0.25, 0.3) is 0 Å². The highest BCUT2D eigenvalue weighted by atomic mass is 35.5. The van der Waals surface area contributed by atoms with Gasteiger partial charge in [-0.3, -0.25) is 9.59 Å². The van der Waals surface area contributed by atoms with Crippen molar-refractivity contribution >= 4 is 29.2 Å². The van der Waals surface area contributed by atoms with Crippen LogP contribution in [0.5, 0.6) is 5.75 Å². The fourth-order valence-corrected chi connectivity index (χ4v) is 2.25. The molecular weight excluding hydrogens is 349 g/mol. The zero-order valence-electron chi connectivity index (χ0n) is 13.7. The first-order valence-corrected chi connectivity index (χ1v) is 7.85. The van der Waals surface area contributed by atoms with Crippen LogP contribution in [0, 0.1) is 5.82 Å². The van der Waals surface area contributed by atoms with Crippen LogP contribution in [0.3, 0.4) is 0 Å². The van der Waals surface area contributed by atoms with Crippen LogP contribution >= 0.6 is 11.6 Å². The quantitative estimate of drug-likeness (QED) is 0.794. The molecule has 0 heterocycles. The highest BCUT2D eigenvalue weighted by molar-refractivity contribution is 6.31. The van der Waals surface area contributed by atoms with Crippen molar-refractivity contribution in [3.05, 3.63) is 58.9 Å². The second-order valence-corrected chi connectivity index (χ2v) is 5.71. The molecule has 5 nitrogen and oxygen atoms in total. The Hall–Kier alpha value is -2.60. The standard InChI is InChI=1S/C18H17ClFNO4/c1-11(25-17(22)9-12-3-6-14(20)7-4-12)18(23)21-15-10-13(19)5-8-16(15)24-2/h3-8,10-11H,9H2,1-2H3,(H,21,23)/t11-/m1/s1. The number of benzene rings is 2. The van der Waals surface area contributed by atoms with Crippen LogP contribution in [0.4, 0.5) is 10.1 Å². The van der Waals surface area contributed by atoms with Crippen molar-refractivity contribution < 1.29 is 23.5 Å². The number of halogens is 2. The molecule has 0 bridgehead atoms. The largest absolute Gasteiger partial charge is 0.495 e. The van der Waals surface area contributed by atoms with Gasteiger partial charge in [0.25, 0.3) is 5.91 Å². The van der Waals surface area contributed by atoms with Gasteiger partial charge in [0.2, 0.25) is 0 Å². The lowest BCUT2D eigenvalue weighted by atomic mass is 10.1. The number of nitrogens with one attached hydrogen (secondary N) is 1. The molecule has 132 valence electrons. The summed E-state index contributed by atoms with van der Waals surface area (Å²) in [6, 6.07) is 10.3. The van der Waals surface area contributed by atoms with Gasteiger partial charge in [0.1, 0.15) is 11.6 Å². The molecule has 0 aliphatic heterocycles. The van der Waals surface area contributed by atoms with E-state index in [2.05, 4.69) is 5.32 Å². The Bertz CT molecular complexity index is 764. The van der Waals surface area contributed by atoms with E-state index in [1.54, 1.807) is 12.1 Å². The summed E-state index contributed by atoms with van der Waals surface area (Å²) < 4.78 is 23.1. The number of rotatable bonds is 6. The third-order valence-corrected chi connectivity index (χ3v) is 3.59. The third-order valence-electron chi connectivity index (χ3n) is 3.36. The minimum absolute atomic E-state index is 0.0572. The van der Waals surface area contributed by atoms with Crippen molar-refractivity contribution in [3.8, 4) is 5.75 Å². The van der Waals surface area contributed by atoms with E-state index < -0.39 is 18.0 Å². The first-order chi connectivity index (χ1) is 11.9. The number of esters is 1. The van der Waals surface area contributed by atoms with Gasteiger partial charge < -0.3 is 14.8 Å². The first kappa shape index (κ1) is 18.7. The summed E-state index contributed by atoms with van der Waals surface area (Å²) in [7, 11) is 1.46. The van der Waals surface area contributed by atoms with Crippen LogP contribution in [-0.2, 0) is 20.7 Å². The van der Waals surface area contributed by atoms with Crippen molar-refractivity contribution in [2.45, 2.75) is 19.4 Å². The Morgan fingerprint density at radius 3 is 2.52 bits per heavy atom. The number of hydrogen-bond donors (Lipinski definition) is 1. The Morgan fingerprint density at radius 2 is 1.88 bits per heavy atom. The molecule has 0 saturated carbocycles. The highest BCUT2D eigenvalue weighted by Gasteiger charge is 2.19. The molecule has 2 aromatic carbocycles. The average molecular weight is 366 g/mol. The molecule has 0 spiro atoms. The lowest BCUT2D eigenvalue weighted by molar-refractivity contribution is -0.152. The summed E-state index contributed by atoms with van der Waals surface area (Å²) >= 11 is 5.90. The number of methoxy groups -OCH3 is 1. The van der Waals surface area contributed by atoms with E-state index in [-0.39, 0.29) is 12.2 Å². The van der Waals surface area contributed by atoms with Gasteiger partial charge >= 0.3 is 5.97 Å². The van der Waals surface area contributed by atoms with E-state index >= 15 is 0 Å². The Balaban J connectivity index is 1.94. The van der Waals surface area contributed by atoms with Gasteiger partial charge in [0.15, 0.2) is 6.10 Å². The van der Waals surface area contributed by atoms with Crippen LogP contribution in [0.1, 0.15) is 12.5 Å². The SMILES string of the molecule is COc1ccc(Cl)cc1NC(=O)[C@@H](C)OC(=O)Cc1ccc(F)cc1. The lowest BCUT2D eigenvalue weighted by Crippen LogP contribution is -2.30. The zero-order valence-corrected chi connectivity index (χ0v) is 14.5. The second kappa shape index (κ2) is 8.48. The second-order valence-electron chi connectivity index (χ2n) is 5.27. The fraction of sp³-hybridized carbons (Fsp3) is 0.222. The minimum Gasteiger partial charge on any atom is -0.495 e. The molecule has 1 atom stereocenters. The maximum Gasteiger partial charge on any atom is 0.311 e. The predicted octanol–water partition coefficient (Wildman–Crippen LogP) is 3.60. The van der Waals surface area contributed by atoms with E-state index in [4.69, 9.17) is 21.1 Å². The van der Waals surface area contributed by atoms with Crippen LogP contribution in [0.2, 0.25) is 5.02 Å². The molecule has 2 rings (SSSR count). The number of hydrogen-bond acceptors (Lipinski definition) is 4. The van der Waals surface area contributed by atoms with Crippen molar-refractivity contribution in [1.82, 2.24) is 0 Å². The summed E-state index contributed by atoms with van der Waals surface area (Å²) in [5.41, 5.74) is 0.969. The first-order valence-electron chi connectivity index (χ1n) is 7.47. The molecule has 0 fully saturated rings. The van der Waals surface area contributed by atoms with Crippen molar-refractivity contribution in [2.24, 2.45) is 0 Å². The van der Waals surface area contributed by atoms with Crippen molar-refractivity contribution in [2.75, 3.05) is 12.4 Å². The molecule has 2 aromatic rings. The molecule has 25 heavy (non-hydrogen) atoms. The molecule has 0 aromatic heterocycles. The van der Waals surface area contributed by atoms with E-state index in [0.717, 1.165) is 0 Å². The molecule has 0 aliphatic carbocycles. The summed E-state index contributed by atoms with van der Waals surface area (Å²) in [6.07, 6.45) is -1.07. The monoisotopic (exact) mass is 365 g/mol. The van der Waals surface area contributed by atoms with E-state index in [0.29, 0.717) is 22.0 Å². The van der Waals surface area contributed by atoms with Gasteiger partial charge in [-0.25, -0.2) is 4.39 Å². The van der Waals surface area contributed by atoms with E-state index in [1.807, 2.05) is 0 Å². The number of ether oxygens (including phenoxy) is 2. The van der Waals surface area contributed by atoms with Gasteiger partial charge in [-0.2, -0.15) is 0 Å². The van der Waals surface area contributed by atoms with Gasteiger partial charge in [0, 0.05) is 5.02 Å². The van der Waals surface area contributed by atoms with Crippen LogP contribution in [-0.4, -0.2) is 25.1 Å². The molecule has 0 aliphatic rings. The molecule has 0 radical (unpaired) electrons. The lowest BCUT2D eigenvalue weighted by Gasteiger charge is -2.15. The smallest absolute Gasteiger partial charge is 0.311 e. The maximum absolute atomic E-state index is 12.8. The summed E-state index contributed by atoms with van der Waals surface area (Å²) in [5.74, 6) is -1.07. The number of anilines is 1. The van der Waals surface area contributed by atoms with E-state index in [9.17, 15) is 14.0 Å². The van der Waals surface area contributed by atoms with Gasteiger partial charge in [-0.15, -0.1) is 0 Å². The Morgan fingerprint density at radius 1 is 1.20 bits per heavy atom. The zero-order chi connectivity index (χ0) is 18.4. The molecule has 0 unspecified atom stereocenters. The highest BCUT2D eigenvalue weighted by Crippen LogP contribution is 2.27. The number of carbonyl (C=O) groups excluding carboxylic acids is 2. The minimum atomic E-state index is -1.02. The van der Waals surface area contributed by atoms with Crippen molar-refractivity contribution in [3.63, 3.8) is 0 Å². The molecular formula is C18H17ClFNO4. The molecule has 1 N–H and O–H groups in total. The summed E-state index contributed by atoms with van der Waals surface area (Å²) in [6.45, 7) is 1.45. The normalized spacial score (nSPS) is 11.5. The van der Waals surface area contributed by atoms with Gasteiger partial charge in [-0.1, -0.05) is 23.7 Å². The average Bonchev–Trinajstić information content (AvgIpc) is 2.57. The number of amides is 1. The predicted molar refractivity (Wildman–Crippen MR) is 92.3 cm³/mol. The van der Waals surface area contributed by atoms with Crippen LogP contribution in [0.15, 0.2) is 42.5 Å². The van der Waals surface area contributed by atoms with Gasteiger partial charge in [0.05, 0.1) is 19.2 Å². The molecule has 1 amide bonds. The fourth-order valence-electron chi connectivity index (χ4n) is 2.07. The third kappa shape index (κ3) is 5.46. The molecule has 0 saturated heterocycles. The summed E-state index contributed by atoms with van der Waals surface area (Å²) in [4.78, 5) is 24.1. The van der Waals surface area contributed by atoms with Gasteiger partial charge in [-0.05, 0) is 42.8 Å².